The van der Waals surface area contributed by atoms with E-state index >= 15 is 0 Å². The maximum Gasteiger partial charge on any atom is 0.227 e. The fourth-order valence-corrected chi connectivity index (χ4v) is 1.83. The molecular formula is C16H21FN4O2. The Bertz CT molecular complexity index is 640. The van der Waals surface area contributed by atoms with Gasteiger partial charge in [-0.2, -0.15) is 4.98 Å². The van der Waals surface area contributed by atoms with E-state index in [1.807, 2.05) is 25.9 Å². The number of likely N-dealkylation sites (N-methyl/N-ethyl adjacent to an activating group) is 1. The van der Waals surface area contributed by atoms with E-state index in [1.54, 1.807) is 12.1 Å². The molecule has 124 valence electrons. The highest BCUT2D eigenvalue weighted by atomic mass is 19.1. The quantitative estimate of drug-likeness (QED) is 0.843. The molecule has 1 amide bonds. The number of hydrogen-bond acceptors (Lipinski definition) is 5. The van der Waals surface area contributed by atoms with Crippen molar-refractivity contribution in [1.29, 1.82) is 0 Å². The number of carbonyl (C=O) groups is 1. The number of nitrogens with one attached hydrogen (secondary N) is 1. The summed E-state index contributed by atoms with van der Waals surface area (Å²) in [4.78, 5) is 18.0. The van der Waals surface area contributed by atoms with Crippen LogP contribution >= 0.6 is 0 Å². The van der Waals surface area contributed by atoms with Gasteiger partial charge in [-0.3, -0.25) is 4.79 Å². The number of carbonyl (C=O) groups excluding carboxylic acids is 1. The number of hydrogen-bond donors (Lipinski definition) is 1. The summed E-state index contributed by atoms with van der Waals surface area (Å²) in [6, 6.07) is 6.11. The lowest BCUT2D eigenvalue weighted by Crippen LogP contribution is -2.38. The van der Waals surface area contributed by atoms with Gasteiger partial charge in [-0.15, -0.1) is 0 Å². The van der Waals surface area contributed by atoms with Crippen LogP contribution in [0.3, 0.4) is 0 Å². The zero-order valence-corrected chi connectivity index (χ0v) is 13.5. The first-order valence-corrected chi connectivity index (χ1v) is 7.47. The SMILES string of the molecule is C[C@H](CNC(=O)CCc1nc(-c2ccc(F)cc2)no1)N(C)C. The van der Waals surface area contributed by atoms with Gasteiger partial charge in [0.15, 0.2) is 0 Å². The van der Waals surface area contributed by atoms with Gasteiger partial charge in [0.25, 0.3) is 0 Å². The lowest BCUT2D eigenvalue weighted by molar-refractivity contribution is -0.121. The van der Waals surface area contributed by atoms with E-state index in [9.17, 15) is 9.18 Å². The van der Waals surface area contributed by atoms with Crippen molar-refractivity contribution in [2.75, 3.05) is 20.6 Å². The summed E-state index contributed by atoms with van der Waals surface area (Å²) in [5, 5.41) is 6.71. The molecular weight excluding hydrogens is 299 g/mol. The van der Waals surface area contributed by atoms with Crippen molar-refractivity contribution in [3.05, 3.63) is 36.0 Å². The third-order valence-corrected chi connectivity index (χ3v) is 3.61. The number of nitrogens with zero attached hydrogens (tertiary/aromatic N) is 3. The Hall–Kier alpha value is -2.28. The summed E-state index contributed by atoms with van der Waals surface area (Å²) < 4.78 is 18.0. The van der Waals surface area contributed by atoms with Gasteiger partial charge in [0.2, 0.25) is 17.6 Å². The highest BCUT2D eigenvalue weighted by molar-refractivity contribution is 5.76. The van der Waals surface area contributed by atoms with Gasteiger partial charge in [-0.1, -0.05) is 5.16 Å². The van der Waals surface area contributed by atoms with Crippen molar-refractivity contribution in [3.63, 3.8) is 0 Å². The van der Waals surface area contributed by atoms with Crippen LogP contribution in [-0.2, 0) is 11.2 Å². The van der Waals surface area contributed by atoms with Gasteiger partial charge in [0, 0.05) is 31.0 Å². The van der Waals surface area contributed by atoms with Gasteiger partial charge in [-0.25, -0.2) is 4.39 Å². The Kier molecular flexibility index (Phi) is 5.81. The van der Waals surface area contributed by atoms with E-state index in [4.69, 9.17) is 4.52 Å². The first-order valence-electron chi connectivity index (χ1n) is 7.47. The molecule has 0 aliphatic carbocycles. The van der Waals surface area contributed by atoms with Crippen LogP contribution in [0.5, 0.6) is 0 Å². The standard InChI is InChI=1S/C16H21FN4O2/c1-11(21(2)3)10-18-14(22)8-9-15-19-16(20-23-15)12-4-6-13(17)7-5-12/h4-7,11H,8-10H2,1-3H3,(H,18,22)/t11-/m1/s1. The molecule has 0 bridgehead atoms. The van der Waals surface area contributed by atoms with Crippen molar-refractivity contribution >= 4 is 5.91 Å². The second kappa shape index (κ2) is 7.82. The zero-order valence-electron chi connectivity index (χ0n) is 13.5. The van der Waals surface area contributed by atoms with E-state index < -0.39 is 0 Å². The van der Waals surface area contributed by atoms with Crippen molar-refractivity contribution in [2.45, 2.75) is 25.8 Å². The molecule has 2 rings (SSSR count). The van der Waals surface area contributed by atoms with Crippen LogP contribution in [-0.4, -0.2) is 47.6 Å². The van der Waals surface area contributed by atoms with E-state index in [-0.39, 0.29) is 24.2 Å². The molecule has 1 heterocycles. The van der Waals surface area contributed by atoms with E-state index in [0.717, 1.165) is 0 Å². The third-order valence-electron chi connectivity index (χ3n) is 3.61. The Balaban J connectivity index is 1.83. The maximum absolute atomic E-state index is 12.9. The highest BCUT2D eigenvalue weighted by Crippen LogP contribution is 2.16. The third kappa shape index (κ3) is 5.14. The Morgan fingerprint density at radius 1 is 1.35 bits per heavy atom. The summed E-state index contributed by atoms with van der Waals surface area (Å²) in [5.41, 5.74) is 0.672. The highest BCUT2D eigenvalue weighted by Gasteiger charge is 2.12. The molecule has 0 saturated heterocycles. The molecule has 0 unspecified atom stereocenters. The monoisotopic (exact) mass is 320 g/mol. The summed E-state index contributed by atoms with van der Waals surface area (Å²) >= 11 is 0. The molecule has 0 saturated carbocycles. The van der Waals surface area contributed by atoms with Crippen molar-refractivity contribution < 1.29 is 13.7 Å². The van der Waals surface area contributed by atoms with E-state index in [1.165, 1.54) is 12.1 Å². The minimum Gasteiger partial charge on any atom is -0.355 e. The van der Waals surface area contributed by atoms with Crippen LogP contribution in [0.25, 0.3) is 11.4 Å². The number of rotatable bonds is 7. The minimum atomic E-state index is -0.318. The summed E-state index contributed by atoms with van der Waals surface area (Å²) in [7, 11) is 3.93. The molecule has 2 aromatic rings. The summed E-state index contributed by atoms with van der Waals surface area (Å²) in [6.45, 7) is 2.63. The number of benzene rings is 1. The molecule has 1 aromatic carbocycles. The van der Waals surface area contributed by atoms with Gasteiger partial charge in [0.1, 0.15) is 5.82 Å². The molecule has 23 heavy (non-hydrogen) atoms. The second-order valence-corrected chi connectivity index (χ2v) is 5.64. The fourth-order valence-electron chi connectivity index (χ4n) is 1.83. The van der Waals surface area contributed by atoms with Crippen LogP contribution < -0.4 is 5.32 Å². The smallest absolute Gasteiger partial charge is 0.227 e. The van der Waals surface area contributed by atoms with Gasteiger partial charge >= 0.3 is 0 Å². The van der Waals surface area contributed by atoms with Crippen LogP contribution in [0.4, 0.5) is 4.39 Å². The largest absolute Gasteiger partial charge is 0.355 e. The number of amides is 1. The van der Waals surface area contributed by atoms with Crippen LogP contribution in [0, 0.1) is 5.82 Å². The Labute approximate surface area is 134 Å². The molecule has 1 atom stereocenters. The van der Waals surface area contributed by atoms with Crippen molar-refractivity contribution in [2.24, 2.45) is 0 Å². The zero-order chi connectivity index (χ0) is 16.8. The van der Waals surface area contributed by atoms with Crippen LogP contribution in [0.1, 0.15) is 19.2 Å². The van der Waals surface area contributed by atoms with E-state index in [2.05, 4.69) is 15.5 Å². The fraction of sp³-hybridized carbons (Fsp3) is 0.438. The molecule has 0 aliphatic heterocycles. The number of aryl methyl sites for hydroxylation is 1. The topological polar surface area (TPSA) is 71.3 Å². The number of aromatic nitrogens is 2. The first kappa shape index (κ1) is 17.1. The van der Waals surface area contributed by atoms with Crippen LogP contribution in [0.2, 0.25) is 0 Å². The molecule has 1 N–H and O–H groups in total. The summed E-state index contributed by atoms with van der Waals surface area (Å²) in [6.07, 6.45) is 0.654. The van der Waals surface area contributed by atoms with Gasteiger partial charge in [0.05, 0.1) is 0 Å². The average molecular weight is 320 g/mol. The first-order chi connectivity index (χ1) is 11.0. The molecule has 1 aromatic heterocycles. The van der Waals surface area contributed by atoms with Gasteiger partial charge in [-0.05, 0) is 45.3 Å². The Morgan fingerprint density at radius 2 is 2.04 bits per heavy atom. The molecule has 0 fully saturated rings. The molecule has 0 radical (unpaired) electrons. The van der Waals surface area contributed by atoms with Crippen molar-refractivity contribution in [1.82, 2.24) is 20.4 Å². The molecule has 0 aliphatic rings. The molecule has 6 nitrogen and oxygen atoms in total. The van der Waals surface area contributed by atoms with E-state index in [0.29, 0.717) is 30.2 Å². The second-order valence-electron chi connectivity index (χ2n) is 5.64. The lowest BCUT2D eigenvalue weighted by atomic mass is 10.2. The number of halogens is 1. The lowest BCUT2D eigenvalue weighted by Gasteiger charge is -2.19. The predicted molar refractivity (Wildman–Crippen MR) is 84.2 cm³/mol. The van der Waals surface area contributed by atoms with Crippen LogP contribution in [0.15, 0.2) is 28.8 Å². The van der Waals surface area contributed by atoms with Crippen molar-refractivity contribution in [3.8, 4) is 11.4 Å². The predicted octanol–water partition coefficient (Wildman–Crippen LogP) is 1.87. The maximum atomic E-state index is 12.9. The average Bonchev–Trinajstić information content (AvgIpc) is 3.00. The molecule has 7 heteroatoms. The normalized spacial score (nSPS) is 12.4. The Morgan fingerprint density at radius 3 is 2.70 bits per heavy atom. The summed E-state index contributed by atoms with van der Waals surface area (Å²) in [5.74, 6) is 0.406. The minimum absolute atomic E-state index is 0.0553. The van der Waals surface area contributed by atoms with Gasteiger partial charge < -0.3 is 14.7 Å². The molecule has 0 spiro atoms.